The van der Waals surface area contributed by atoms with Crippen LogP contribution in [0.4, 0.5) is 0 Å². The van der Waals surface area contributed by atoms with E-state index in [0.717, 1.165) is 17.8 Å². The highest BCUT2D eigenvalue weighted by molar-refractivity contribution is 5.96. The average Bonchev–Trinajstić information content (AvgIpc) is 3.02. The molecule has 4 saturated carbocycles. The molecule has 3 amide bonds. The van der Waals surface area contributed by atoms with E-state index < -0.39 is 11.8 Å². The van der Waals surface area contributed by atoms with E-state index in [2.05, 4.69) is 16.2 Å². The minimum absolute atomic E-state index is 0.0656. The molecule has 0 radical (unpaired) electrons. The van der Waals surface area contributed by atoms with E-state index in [1.165, 1.54) is 50.9 Å². The Balaban J connectivity index is 1.21. The quantitative estimate of drug-likeness (QED) is 0.688. The minimum atomic E-state index is -0.455. The summed E-state index contributed by atoms with van der Waals surface area (Å²) < 4.78 is 5.06. The molecule has 0 atom stereocenters. The summed E-state index contributed by atoms with van der Waals surface area (Å²) >= 11 is 0. The minimum Gasteiger partial charge on any atom is -0.469 e. The monoisotopic (exact) mass is 373 g/mol. The average molecular weight is 373 g/mol. The maximum Gasteiger partial charge on any atom is 0.273 e. The number of furan rings is 1. The Labute approximate surface area is 158 Å². The fourth-order valence-electron chi connectivity index (χ4n) is 5.95. The van der Waals surface area contributed by atoms with E-state index in [-0.39, 0.29) is 17.9 Å². The van der Waals surface area contributed by atoms with Crippen molar-refractivity contribution in [2.45, 2.75) is 51.9 Å². The van der Waals surface area contributed by atoms with Crippen molar-refractivity contribution in [3.63, 3.8) is 0 Å². The summed E-state index contributed by atoms with van der Waals surface area (Å²) in [5.74, 6) is 1.91. The first-order chi connectivity index (χ1) is 12.9. The normalized spacial score (nSPS) is 30.8. The van der Waals surface area contributed by atoms with Gasteiger partial charge in [-0.05, 0) is 74.7 Å². The number of hydrogen-bond acceptors (Lipinski definition) is 4. The number of rotatable bonds is 5. The van der Waals surface area contributed by atoms with Crippen molar-refractivity contribution in [1.82, 2.24) is 16.2 Å². The molecule has 0 unspecified atom stereocenters. The standard InChI is InChI=1S/C20H27N3O4/c1-12-16(2-3-27-12)19(26)23-22-18(25)11-21-17(24)10-20-7-13-4-14(8-20)6-15(5-13)9-20/h2-3,13-15H,4-11H2,1H3,(H,21,24)(H,22,25)(H,23,26). The molecule has 27 heavy (non-hydrogen) atoms. The Kier molecular flexibility index (Phi) is 4.70. The summed E-state index contributed by atoms with van der Waals surface area (Å²) in [6, 6.07) is 1.53. The van der Waals surface area contributed by atoms with Crippen LogP contribution in [0.5, 0.6) is 0 Å². The van der Waals surface area contributed by atoms with Gasteiger partial charge >= 0.3 is 0 Å². The van der Waals surface area contributed by atoms with E-state index in [0.29, 0.717) is 17.7 Å². The van der Waals surface area contributed by atoms with Gasteiger partial charge in [-0.2, -0.15) is 0 Å². The molecule has 4 aliphatic carbocycles. The third-order valence-corrected chi connectivity index (χ3v) is 6.57. The van der Waals surface area contributed by atoms with E-state index in [9.17, 15) is 14.4 Å². The number of amides is 3. The Morgan fingerprint density at radius 1 is 1.04 bits per heavy atom. The Hall–Kier alpha value is -2.31. The topological polar surface area (TPSA) is 100 Å². The summed E-state index contributed by atoms with van der Waals surface area (Å²) in [6.45, 7) is 1.53. The second-order valence-electron chi connectivity index (χ2n) is 8.76. The predicted molar refractivity (Wildman–Crippen MR) is 97.3 cm³/mol. The van der Waals surface area contributed by atoms with Gasteiger partial charge in [0.05, 0.1) is 18.4 Å². The van der Waals surface area contributed by atoms with E-state index in [1.54, 1.807) is 6.92 Å². The molecule has 4 aliphatic rings. The Morgan fingerprint density at radius 3 is 2.22 bits per heavy atom. The molecule has 1 heterocycles. The summed E-state index contributed by atoms with van der Waals surface area (Å²) in [4.78, 5) is 36.2. The smallest absolute Gasteiger partial charge is 0.273 e. The maximum atomic E-state index is 12.4. The van der Waals surface area contributed by atoms with Gasteiger partial charge < -0.3 is 9.73 Å². The van der Waals surface area contributed by atoms with Gasteiger partial charge in [0.2, 0.25) is 5.91 Å². The van der Waals surface area contributed by atoms with Crippen LogP contribution in [-0.4, -0.2) is 24.3 Å². The lowest BCUT2D eigenvalue weighted by Gasteiger charge is -2.56. The lowest BCUT2D eigenvalue weighted by Crippen LogP contribution is -2.49. The maximum absolute atomic E-state index is 12.4. The number of hydrogen-bond donors (Lipinski definition) is 3. The predicted octanol–water partition coefficient (Wildman–Crippen LogP) is 2.07. The van der Waals surface area contributed by atoms with Crippen molar-refractivity contribution in [1.29, 1.82) is 0 Å². The number of aryl methyl sites for hydroxylation is 1. The molecule has 0 spiro atoms. The second kappa shape index (κ2) is 7.02. The van der Waals surface area contributed by atoms with Crippen molar-refractivity contribution in [2.24, 2.45) is 23.2 Å². The lowest BCUT2D eigenvalue weighted by atomic mass is 9.49. The Morgan fingerprint density at radius 2 is 1.67 bits per heavy atom. The third-order valence-electron chi connectivity index (χ3n) is 6.57. The molecule has 1 aromatic rings. The zero-order valence-electron chi connectivity index (χ0n) is 15.7. The SMILES string of the molecule is Cc1occc1C(=O)NNC(=O)CNC(=O)CC12CC3CC(CC(C3)C1)C2. The molecule has 146 valence electrons. The number of hydrazine groups is 1. The molecule has 0 aliphatic heterocycles. The van der Waals surface area contributed by atoms with Gasteiger partial charge in [-0.25, -0.2) is 0 Å². The molecular weight excluding hydrogens is 346 g/mol. The summed E-state index contributed by atoms with van der Waals surface area (Å²) in [7, 11) is 0. The van der Waals surface area contributed by atoms with Crippen molar-refractivity contribution >= 4 is 17.7 Å². The molecule has 1 aromatic heterocycles. The number of carbonyl (C=O) groups excluding carboxylic acids is 3. The zero-order valence-corrected chi connectivity index (χ0v) is 15.7. The van der Waals surface area contributed by atoms with E-state index in [4.69, 9.17) is 4.42 Å². The first-order valence-electron chi connectivity index (χ1n) is 9.82. The van der Waals surface area contributed by atoms with Crippen LogP contribution < -0.4 is 16.2 Å². The van der Waals surface area contributed by atoms with Crippen LogP contribution >= 0.6 is 0 Å². The number of nitrogens with one attached hydrogen (secondary N) is 3. The fourth-order valence-corrected chi connectivity index (χ4v) is 5.95. The van der Waals surface area contributed by atoms with Crippen LogP contribution in [0.1, 0.15) is 61.1 Å². The van der Waals surface area contributed by atoms with Crippen LogP contribution in [0, 0.1) is 30.1 Å². The third kappa shape index (κ3) is 3.87. The molecule has 0 aromatic carbocycles. The van der Waals surface area contributed by atoms with Crippen LogP contribution in [0.25, 0.3) is 0 Å². The first-order valence-corrected chi connectivity index (χ1v) is 9.82. The van der Waals surface area contributed by atoms with Crippen LogP contribution in [-0.2, 0) is 9.59 Å². The van der Waals surface area contributed by atoms with Crippen molar-refractivity contribution in [3.05, 3.63) is 23.7 Å². The lowest BCUT2D eigenvalue weighted by molar-refractivity contribution is -0.132. The molecule has 3 N–H and O–H groups in total. The summed E-state index contributed by atoms with van der Waals surface area (Å²) in [5, 5.41) is 2.71. The zero-order chi connectivity index (χ0) is 19.0. The van der Waals surface area contributed by atoms with Crippen molar-refractivity contribution < 1.29 is 18.8 Å². The van der Waals surface area contributed by atoms with Gasteiger partial charge in [-0.3, -0.25) is 25.2 Å². The van der Waals surface area contributed by atoms with E-state index in [1.807, 2.05) is 0 Å². The highest BCUT2D eigenvalue weighted by Gasteiger charge is 2.51. The summed E-state index contributed by atoms with van der Waals surface area (Å²) in [6.07, 6.45) is 9.47. The van der Waals surface area contributed by atoms with Crippen LogP contribution in [0.15, 0.2) is 16.7 Å². The fraction of sp³-hybridized carbons (Fsp3) is 0.650. The first kappa shape index (κ1) is 18.1. The van der Waals surface area contributed by atoms with Gasteiger partial charge in [-0.15, -0.1) is 0 Å². The highest BCUT2D eigenvalue weighted by Crippen LogP contribution is 2.61. The van der Waals surface area contributed by atoms with Crippen LogP contribution in [0.2, 0.25) is 0 Å². The van der Waals surface area contributed by atoms with Crippen molar-refractivity contribution in [2.75, 3.05) is 6.54 Å². The number of carbonyl (C=O) groups is 3. The van der Waals surface area contributed by atoms with Gasteiger partial charge in [0.1, 0.15) is 5.76 Å². The molecule has 7 nitrogen and oxygen atoms in total. The summed E-state index contributed by atoms with van der Waals surface area (Å²) in [5.41, 5.74) is 5.16. The van der Waals surface area contributed by atoms with Gasteiger partial charge in [0, 0.05) is 6.42 Å². The van der Waals surface area contributed by atoms with E-state index >= 15 is 0 Å². The van der Waals surface area contributed by atoms with Crippen molar-refractivity contribution in [3.8, 4) is 0 Å². The largest absolute Gasteiger partial charge is 0.469 e. The molecule has 4 bridgehead atoms. The molecule has 4 fully saturated rings. The molecule has 0 saturated heterocycles. The Bertz CT molecular complexity index is 719. The molecule has 5 rings (SSSR count). The van der Waals surface area contributed by atoms with Gasteiger partial charge in [0.15, 0.2) is 0 Å². The molecular formula is C20H27N3O4. The van der Waals surface area contributed by atoms with Gasteiger partial charge in [-0.1, -0.05) is 0 Å². The highest BCUT2D eigenvalue weighted by atomic mass is 16.3. The van der Waals surface area contributed by atoms with Crippen LogP contribution in [0.3, 0.4) is 0 Å². The van der Waals surface area contributed by atoms with Gasteiger partial charge in [0.25, 0.3) is 11.8 Å². The molecule has 7 heteroatoms. The second-order valence-corrected chi connectivity index (χ2v) is 8.76.